The monoisotopic (exact) mass is 403 g/mol. The van der Waals surface area contributed by atoms with Crippen molar-refractivity contribution in [3.05, 3.63) is 51.5 Å². The number of hydrogen-bond acceptors (Lipinski definition) is 5. The summed E-state index contributed by atoms with van der Waals surface area (Å²) >= 11 is 1.62. The van der Waals surface area contributed by atoms with Crippen LogP contribution in [0.1, 0.15) is 39.3 Å². The third-order valence-corrected chi connectivity index (χ3v) is 5.91. The van der Waals surface area contributed by atoms with Gasteiger partial charge in [0, 0.05) is 16.1 Å². The number of aromatic amines is 1. The zero-order valence-corrected chi connectivity index (χ0v) is 16.6. The predicted molar refractivity (Wildman–Crippen MR) is 110 cm³/mol. The maximum absolute atomic E-state index is 12.6. The second-order valence-corrected chi connectivity index (χ2v) is 7.89. The van der Waals surface area contributed by atoms with Crippen LogP contribution in [0, 0.1) is 5.92 Å². The summed E-state index contributed by atoms with van der Waals surface area (Å²) in [6, 6.07) is 9.56. The predicted octanol–water partition coefficient (Wildman–Crippen LogP) is 3.79. The molecular formula is C19H22ClN5OS. The average Bonchev–Trinajstić information content (AvgIpc) is 3.28. The number of hydrogen-bond donors (Lipinski definition) is 3. The maximum Gasteiger partial charge on any atom is 0.265 e. The Hall–Kier alpha value is -2.22. The lowest BCUT2D eigenvalue weighted by atomic mass is 9.90. The number of carbonyl (C=O) groups is 1. The van der Waals surface area contributed by atoms with Gasteiger partial charge in [-0.2, -0.15) is 5.10 Å². The minimum Gasteiger partial charge on any atom is -0.324 e. The molecule has 142 valence electrons. The van der Waals surface area contributed by atoms with Gasteiger partial charge in [-0.25, -0.2) is 4.98 Å². The lowest BCUT2D eigenvalue weighted by Crippen LogP contribution is -2.10. The number of H-pyrrole nitrogens is 1. The van der Waals surface area contributed by atoms with Gasteiger partial charge >= 0.3 is 0 Å². The number of nitrogens with two attached hydrogens (primary N) is 1. The van der Waals surface area contributed by atoms with Gasteiger partial charge in [-0.15, -0.1) is 23.7 Å². The Kier molecular flexibility index (Phi) is 5.94. The lowest BCUT2D eigenvalue weighted by molar-refractivity contribution is 0.103. The number of carbonyl (C=O) groups excluding carboxylic acids is 1. The van der Waals surface area contributed by atoms with Crippen LogP contribution in [0.15, 0.2) is 30.3 Å². The molecule has 0 fully saturated rings. The summed E-state index contributed by atoms with van der Waals surface area (Å²) in [4.78, 5) is 19.0. The zero-order chi connectivity index (χ0) is 18.1. The molecule has 1 unspecified atom stereocenters. The largest absolute Gasteiger partial charge is 0.324 e. The number of halogens is 1. The molecule has 2 aromatic heterocycles. The molecule has 8 heteroatoms. The topological polar surface area (TPSA) is 96.7 Å². The van der Waals surface area contributed by atoms with E-state index in [0.717, 1.165) is 29.0 Å². The van der Waals surface area contributed by atoms with Gasteiger partial charge in [0.15, 0.2) is 5.82 Å². The van der Waals surface area contributed by atoms with Crippen LogP contribution in [-0.4, -0.2) is 21.1 Å². The van der Waals surface area contributed by atoms with Crippen molar-refractivity contribution in [2.24, 2.45) is 11.7 Å². The average molecular weight is 404 g/mol. The highest BCUT2D eigenvalue weighted by atomic mass is 35.5. The summed E-state index contributed by atoms with van der Waals surface area (Å²) in [5, 5.41) is 9.91. The summed E-state index contributed by atoms with van der Waals surface area (Å²) in [6.07, 6.45) is 3.38. The summed E-state index contributed by atoms with van der Waals surface area (Å²) in [5.74, 6) is 1.90. The fraction of sp³-hybridized carbons (Fsp3) is 0.316. The maximum atomic E-state index is 12.6. The molecule has 0 saturated heterocycles. The first-order valence-corrected chi connectivity index (χ1v) is 9.58. The van der Waals surface area contributed by atoms with Gasteiger partial charge < -0.3 is 11.1 Å². The molecule has 1 aromatic carbocycles. The number of benzene rings is 1. The highest BCUT2D eigenvalue weighted by Crippen LogP contribution is 2.32. The number of rotatable bonds is 4. The molecule has 27 heavy (non-hydrogen) atoms. The molecule has 1 atom stereocenters. The summed E-state index contributed by atoms with van der Waals surface area (Å²) in [5.41, 5.74) is 8.51. The van der Waals surface area contributed by atoms with Crippen molar-refractivity contribution in [3.8, 4) is 11.4 Å². The SMILES string of the molecule is CC1CCc2sc(C(=O)Nc3ccc(-c4n[nH]c(CN)n4)cc3)cc2C1.Cl. The molecule has 4 rings (SSSR count). The molecule has 0 bridgehead atoms. The number of amides is 1. The molecule has 1 amide bonds. The fourth-order valence-electron chi connectivity index (χ4n) is 3.23. The van der Waals surface area contributed by atoms with E-state index in [9.17, 15) is 4.79 Å². The number of aryl methyl sites for hydroxylation is 1. The van der Waals surface area contributed by atoms with E-state index in [1.807, 2.05) is 24.3 Å². The van der Waals surface area contributed by atoms with Gasteiger partial charge in [0.2, 0.25) is 0 Å². The van der Waals surface area contributed by atoms with Crippen LogP contribution < -0.4 is 11.1 Å². The highest BCUT2D eigenvalue weighted by molar-refractivity contribution is 7.14. The molecule has 4 N–H and O–H groups in total. The molecule has 3 aromatic rings. The van der Waals surface area contributed by atoms with Crippen molar-refractivity contribution < 1.29 is 4.79 Å². The normalized spacial score (nSPS) is 15.7. The van der Waals surface area contributed by atoms with Gasteiger partial charge in [-0.05, 0) is 61.1 Å². The summed E-state index contributed by atoms with van der Waals surface area (Å²) < 4.78 is 0. The molecule has 6 nitrogen and oxygen atoms in total. The van der Waals surface area contributed by atoms with E-state index in [4.69, 9.17) is 5.73 Å². The Balaban J connectivity index is 0.00000210. The van der Waals surface area contributed by atoms with E-state index in [-0.39, 0.29) is 18.3 Å². The van der Waals surface area contributed by atoms with E-state index in [2.05, 4.69) is 33.5 Å². The molecule has 0 radical (unpaired) electrons. The Morgan fingerprint density at radius 2 is 2.15 bits per heavy atom. The molecular weight excluding hydrogens is 382 g/mol. The first kappa shape index (κ1) is 19.5. The van der Waals surface area contributed by atoms with E-state index in [1.165, 1.54) is 16.9 Å². The Morgan fingerprint density at radius 3 is 2.85 bits per heavy atom. The molecule has 0 aliphatic heterocycles. The lowest BCUT2D eigenvalue weighted by Gasteiger charge is -2.16. The van der Waals surface area contributed by atoms with Crippen molar-refractivity contribution in [1.29, 1.82) is 0 Å². The van der Waals surface area contributed by atoms with Gasteiger partial charge in [0.1, 0.15) is 5.82 Å². The minimum absolute atomic E-state index is 0. The quantitative estimate of drug-likeness (QED) is 0.617. The third kappa shape index (κ3) is 4.21. The minimum atomic E-state index is -0.0480. The molecule has 2 heterocycles. The van der Waals surface area contributed by atoms with E-state index < -0.39 is 0 Å². The Bertz CT molecular complexity index is 934. The molecule has 1 aliphatic rings. The number of aromatic nitrogens is 3. The second kappa shape index (κ2) is 8.21. The van der Waals surface area contributed by atoms with E-state index in [0.29, 0.717) is 24.1 Å². The fourth-order valence-corrected chi connectivity index (χ4v) is 4.33. The van der Waals surface area contributed by atoms with Crippen LogP contribution in [-0.2, 0) is 19.4 Å². The molecule has 0 spiro atoms. The van der Waals surface area contributed by atoms with Gasteiger partial charge in [-0.3, -0.25) is 9.89 Å². The number of anilines is 1. The van der Waals surface area contributed by atoms with Gasteiger partial charge in [0.05, 0.1) is 11.4 Å². The Morgan fingerprint density at radius 1 is 1.37 bits per heavy atom. The number of nitrogens with one attached hydrogen (secondary N) is 2. The third-order valence-electron chi connectivity index (χ3n) is 4.68. The van der Waals surface area contributed by atoms with E-state index in [1.54, 1.807) is 11.3 Å². The first-order valence-electron chi connectivity index (χ1n) is 8.77. The van der Waals surface area contributed by atoms with Crippen molar-refractivity contribution in [1.82, 2.24) is 15.2 Å². The summed E-state index contributed by atoms with van der Waals surface area (Å²) in [7, 11) is 0. The van der Waals surface area contributed by atoms with Gasteiger partial charge in [-0.1, -0.05) is 6.92 Å². The number of fused-ring (bicyclic) bond motifs is 1. The van der Waals surface area contributed by atoms with Crippen LogP contribution in [0.5, 0.6) is 0 Å². The number of nitrogens with zero attached hydrogens (tertiary/aromatic N) is 2. The van der Waals surface area contributed by atoms with Crippen molar-refractivity contribution >= 4 is 35.3 Å². The van der Waals surface area contributed by atoms with Crippen LogP contribution in [0.3, 0.4) is 0 Å². The molecule has 0 saturated carbocycles. The number of thiophene rings is 1. The van der Waals surface area contributed by atoms with Crippen LogP contribution in [0.25, 0.3) is 11.4 Å². The van der Waals surface area contributed by atoms with Crippen LogP contribution in [0.2, 0.25) is 0 Å². The van der Waals surface area contributed by atoms with Crippen molar-refractivity contribution in [2.75, 3.05) is 5.32 Å². The first-order chi connectivity index (χ1) is 12.6. The zero-order valence-electron chi connectivity index (χ0n) is 15.0. The van der Waals surface area contributed by atoms with E-state index >= 15 is 0 Å². The van der Waals surface area contributed by atoms with Crippen molar-refractivity contribution in [3.63, 3.8) is 0 Å². The Labute approximate surface area is 168 Å². The summed E-state index contributed by atoms with van der Waals surface area (Å²) in [6.45, 7) is 2.59. The second-order valence-electron chi connectivity index (χ2n) is 6.75. The van der Waals surface area contributed by atoms with Crippen LogP contribution >= 0.6 is 23.7 Å². The van der Waals surface area contributed by atoms with Crippen molar-refractivity contribution in [2.45, 2.75) is 32.7 Å². The smallest absolute Gasteiger partial charge is 0.265 e. The molecule has 1 aliphatic carbocycles. The van der Waals surface area contributed by atoms with Gasteiger partial charge in [0.25, 0.3) is 5.91 Å². The standard InChI is InChI=1S/C19H21N5OS.ClH/c1-11-2-7-15-13(8-11)9-16(26-15)19(25)21-14-5-3-12(4-6-14)18-22-17(10-20)23-24-18;/h3-6,9,11H,2,7-8,10,20H2,1H3,(H,21,25)(H,22,23,24);1H. The van der Waals surface area contributed by atoms with Crippen LogP contribution in [0.4, 0.5) is 5.69 Å². The highest BCUT2D eigenvalue weighted by Gasteiger charge is 2.20.